The summed E-state index contributed by atoms with van der Waals surface area (Å²) in [6.45, 7) is 0. The molecule has 0 aromatic carbocycles. The van der Waals surface area contributed by atoms with E-state index in [1.165, 1.54) is 5.92 Å². The van der Waals surface area contributed by atoms with Gasteiger partial charge in [-0.15, -0.1) is 6.42 Å². The zero-order valence-corrected chi connectivity index (χ0v) is 3.14. The SMILES string of the molecule is C#CC(=O)O.N. The van der Waals surface area contributed by atoms with Gasteiger partial charge in [0, 0.05) is 5.92 Å². The van der Waals surface area contributed by atoms with Crippen LogP contribution < -0.4 is 6.15 Å². The van der Waals surface area contributed by atoms with E-state index in [1.807, 2.05) is 0 Å². The smallest absolute Gasteiger partial charge is 0.381 e. The van der Waals surface area contributed by atoms with Gasteiger partial charge >= 0.3 is 5.97 Å². The standard InChI is InChI=1S/C3H2O2.H3N/c1-2-3(4)5;/h1H,(H,4,5);1H3. The van der Waals surface area contributed by atoms with Gasteiger partial charge in [0.2, 0.25) is 0 Å². The van der Waals surface area contributed by atoms with Gasteiger partial charge in [-0.1, -0.05) is 0 Å². The summed E-state index contributed by atoms with van der Waals surface area (Å²) in [6, 6.07) is 0. The highest BCUT2D eigenvalue weighted by atomic mass is 16.4. The van der Waals surface area contributed by atoms with Gasteiger partial charge in [-0.3, -0.25) is 0 Å². The molecule has 6 heavy (non-hydrogen) atoms. The van der Waals surface area contributed by atoms with E-state index in [1.54, 1.807) is 0 Å². The minimum absolute atomic E-state index is 0. The maximum atomic E-state index is 9.13. The largest absolute Gasteiger partial charge is 0.472 e. The molecule has 0 saturated heterocycles. The zero-order valence-electron chi connectivity index (χ0n) is 3.14. The van der Waals surface area contributed by atoms with E-state index in [0.717, 1.165) is 0 Å². The topological polar surface area (TPSA) is 72.3 Å². The van der Waals surface area contributed by atoms with Crippen molar-refractivity contribution in [2.24, 2.45) is 0 Å². The Bertz CT molecular complexity index is 81.3. The first-order chi connectivity index (χ1) is 2.27. The Kier molecular flexibility index (Phi) is 5.91. The molecule has 0 unspecified atom stereocenters. The van der Waals surface area contributed by atoms with E-state index >= 15 is 0 Å². The number of rotatable bonds is 0. The fourth-order valence-corrected chi connectivity index (χ4v) is 0. The van der Waals surface area contributed by atoms with Crippen molar-refractivity contribution >= 4 is 5.97 Å². The number of carboxylic acids is 1. The van der Waals surface area contributed by atoms with E-state index in [-0.39, 0.29) is 6.15 Å². The molecule has 4 N–H and O–H groups in total. The van der Waals surface area contributed by atoms with Gasteiger partial charge in [0.15, 0.2) is 0 Å². The molecule has 0 aliphatic heterocycles. The van der Waals surface area contributed by atoms with Crippen molar-refractivity contribution in [2.75, 3.05) is 0 Å². The molecule has 0 radical (unpaired) electrons. The lowest BCUT2D eigenvalue weighted by Crippen LogP contribution is -1.83. The van der Waals surface area contributed by atoms with E-state index in [2.05, 4.69) is 6.42 Å². The van der Waals surface area contributed by atoms with E-state index < -0.39 is 5.97 Å². The molecule has 34 valence electrons. The molecule has 0 saturated carbocycles. The van der Waals surface area contributed by atoms with Crippen LogP contribution in [0, 0.1) is 12.3 Å². The van der Waals surface area contributed by atoms with Crippen LogP contribution in [0.4, 0.5) is 0 Å². The molecule has 0 aromatic rings. The summed E-state index contributed by atoms with van der Waals surface area (Å²) in [6.07, 6.45) is 4.32. The summed E-state index contributed by atoms with van der Waals surface area (Å²) in [5.74, 6) is 0.227. The van der Waals surface area contributed by atoms with Crippen molar-refractivity contribution < 1.29 is 9.90 Å². The number of carboxylic acid groups (broad SMARTS) is 1. The quantitative estimate of drug-likeness (QED) is 0.404. The fraction of sp³-hybridized carbons (Fsp3) is 0. The lowest BCUT2D eigenvalue weighted by molar-refractivity contribution is -0.130. The summed E-state index contributed by atoms with van der Waals surface area (Å²) >= 11 is 0. The van der Waals surface area contributed by atoms with E-state index in [4.69, 9.17) is 9.90 Å². The summed E-state index contributed by atoms with van der Waals surface area (Å²) in [7, 11) is 0. The number of carbonyl (C=O) groups is 1. The predicted molar refractivity (Wildman–Crippen MR) is 21.5 cm³/mol. The molecule has 0 aliphatic rings. The predicted octanol–water partition coefficient (Wildman–Crippen LogP) is -0.134. The Balaban J connectivity index is 0. The summed E-state index contributed by atoms with van der Waals surface area (Å²) in [5.41, 5.74) is 0. The Labute approximate surface area is 35.6 Å². The lowest BCUT2D eigenvalue weighted by Gasteiger charge is -1.60. The number of hydrogen-bond donors (Lipinski definition) is 2. The molecule has 0 amide bonds. The van der Waals surface area contributed by atoms with Crippen LogP contribution >= 0.6 is 0 Å². The normalized spacial score (nSPS) is 4.50. The van der Waals surface area contributed by atoms with Gasteiger partial charge in [0.25, 0.3) is 0 Å². The van der Waals surface area contributed by atoms with Crippen LogP contribution in [0.2, 0.25) is 0 Å². The van der Waals surface area contributed by atoms with Crippen molar-refractivity contribution in [3.8, 4) is 12.3 Å². The van der Waals surface area contributed by atoms with Gasteiger partial charge in [-0.2, -0.15) is 0 Å². The second-order valence-corrected chi connectivity index (χ2v) is 0.449. The number of aliphatic carboxylic acids is 1. The first kappa shape index (κ1) is 8.89. The van der Waals surface area contributed by atoms with Crippen LogP contribution in [0.25, 0.3) is 0 Å². The van der Waals surface area contributed by atoms with Crippen LogP contribution in [0.1, 0.15) is 0 Å². The van der Waals surface area contributed by atoms with Crippen molar-refractivity contribution in [3.05, 3.63) is 0 Å². The van der Waals surface area contributed by atoms with Crippen molar-refractivity contribution in [1.82, 2.24) is 6.15 Å². The fourth-order valence-electron chi connectivity index (χ4n) is 0. The number of terminal acetylenes is 1. The third kappa shape index (κ3) is 12.1. The van der Waals surface area contributed by atoms with Gasteiger partial charge in [0.1, 0.15) is 0 Å². The second-order valence-electron chi connectivity index (χ2n) is 0.449. The molecule has 3 nitrogen and oxygen atoms in total. The van der Waals surface area contributed by atoms with Gasteiger partial charge in [-0.05, 0) is 0 Å². The van der Waals surface area contributed by atoms with Gasteiger partial charge in [-0.25, -0.2) is 4.79 Å². The average molecular weight is 87.1 g/mol. The van der Waals surface area contributed by atoms with Crippen molar-refractivity contribution in [1.29, 1.82) is 0 Å². The van der Waals surface area contributed by atoms with Crippen LogP contribution in [-0.2, 0) is 4.79 Å². The highest BCUT2D eigenvalue weighted by Gasteiger charge is 1.74. The zero-order chi connectivity index (χ0) is 4.28. The molecule has 0 aliphatic carbocycles. The third-order valence-corrected chi connectivity index (χ3v) is 0.123. The molecule has 0 bridgehead atoms. The highest BCUT2D eigenvalue weighted by Crippen LogP contribution is 1.44. The minimum atomic E-state index is -1.22. The van der Waals surface area contributed by atoms with Gasteiger partial charge < -0.3 is 11.3 Å². The minimum Gasteiger partial charge on any atom is -0.472 e. The molecular formula is C3H5NO2. The Morgan fingerprint density at radius 3 is 2.00 bits per heavy atom. The second kappa shape index (κ2) is 3.99. The molecule has 0 rings (SSSR count). The van der Waals surface area contributed by atoms with Crippen LogP contribution in [0.3, 0.4) is 0 Å². The van der Waals surface area contributed by atoms with Crippen molar-refractivity contribution in [2.45, 2.75) is 0 Å². The third-order valence-electron chi connectivity index (χ3n) is 0.123. The van der Waals surface area contributed by atoms with Crippen LogP contribution in [-0.4, -0.2) is 11.1 Å². The molecule has 0 aromatic heterocycles. The molecule has 3 heteroatoms. The Hall–Kier alpha value is -1.01. The first-order valence-corrected chi connectivity index (χ1v) is 0.966. The maximum Gasteiger partial charge on any atom is 0.381 e. The molecular weight excluding hydrogens is 82.0 g/mol. The average Bonchev–Trinajstić information content (AvgIpc) is 1.38. The van der Waals surface area contributed by atoms with Crippen molar-refractivity contribution in [3.63, 3.8) is 0 Å². The van der Waals surface area contributed by atoms with Crippen LogP contribution in [0.5, 0.6) is 0 Å². The Morgan fingerprint density at radius 2 is 2.00 bits per heavy atom. The monoisotopic (exact) mass is 87.0 g/mol. The summed E-state index contributed by atoms with van der Waals surface area (Å²) in [5, 5.41) is 7.49. The highest BCUT2D eigenvalue weighted by molar-refractivity contribution is 5.85. The van der Waals surface area contributed by atoms with Gasteiger partial charge in [0.05, 0.1) is 0 Å². The maximum absolute atomic E-state index is 9.13. The van der Waals surface area contributed by atoms with E-state index in [9.17, 15) is 0 Å². The number of hydrogen-bond acceptors (Lipinski definition) is 2. The van der Waals surface area contributed by atoms with E-state index in [0.29, 0.717) is 0 Å². The molecule has 0 spiro atoms. The summed E-state index contributed by atoms with van der Waals surface area (Å²) < 4.78 is 0. The first-order valence-electron chi connectivity index (χ1n) is 0.966. The molecule has 0 atom stereocenters. The van der Waals surface area contributed by atoms with Crippen LogP contribution in [0.15, 0.2) is 0 Å². The summed E-state index contributed by atoms with van der Waals surface area (Å²) in [4.78, 5) is 9.13. The molecule has 0 heterocycles. The lowest BCUT2D eigenvalue weighted by atomic mass is 10.7. The molecule has 0 fully saturated rings. The Morgan fingerprint density at radius 1 is 1.83 bits per heavy atom.